The van der Waals surface area contributed by atoms with Gasteiger partial charge in [0.2, 0.25) is 0 Å². The first kappa shape index (κ1) is 9.42. The highest BCUT2D eigenvalue weighted by atomic mass is 19.4. The van der Waals surface area contributed by atoms with Crippen molar-refractivity contribution in [3.8, 4) is 0 Å². The van der Waals surface area contributed by atoms with E-state index in [2.05, 4.69) is 0 Å². The predicted molar refractivity (Wildman–Crippen MR) is 40.6 cm³/mol. The number of rotatable bonds is 1. The van der Waals surface area contributed by atoms with Gasteiger partial charge < -0.3 is 4.90 Å². The molecule has 1 aliphatic heterocycles. The van der Waals surface area contributed by atoms with Gasteiger partial charge in [-0.1, -0.05) is 0 Å². The molecule has 0 atom stereocenters. The molecule has 0 amide bonds. The molecule has 70 valence electrons. The van der Waals surface area contributed by atoms with Crippen molar-refractivity contribution in [1.82, 2.24) is 4.90 Å². The average Bonchev–Trinajstić information content (AvgIpc) is 2.02. The summed E-state index contributed by atoms with van der Waals surface area (Å²) in [7, 11) is 0. The molecular weight excluding hydrogens is 167 g/mol. The van der Waals surface area contributed by atoms with Crippen molar-refractivity contribution in [3.05, 3.63) is 12.3 Å². The number of hydrogen-bond donors (Lipinski definition) is 0. The molecule has 0 aliphatic carbocycles. The summed E-state index contributed by atoms with van der Waals surface area (Å²) in [5.74, 6) is 0. The SMILES string of the molecule is FC(F)(F)C=CN1CCCCC1. The van der Waals surface area contributed by atoms with Crippen molar-refractivity contribution >= 4 is 0 Å². The van der Waals surface area contributed by atoms with Crippen molar-refractivity contribution in [2.24, 2.45) is 0 Å². The topological polar surface area (TPSA) is 3.24 Å². The number of halogens is 3. The Morgan fingerprint density at radius 1 is 1.00 bits per heavy atom. The van der Waals surface area contributed by atoms with Gasteiger partial charge in [0.15, 0.2) is 0 Å². The van der Waals surface area contributed by atoms with Gasteiger partial charge in [-0.05, 0) is 19.3 Å². The fourth-order valence-corrected chi connectivity index (χ4v) is 1.26. The van der Waals surface area contributed by atoms with Crippen LogP contribution in [0.5, 0.6) is 0 Å². The van der Waals surface area contributed by atoms with Crippen LogP contribution < -0.4 is 0 Å². The van der Waals surface area contributed by atoms with Crippen LogP contribution in [-0.2, 0) is 0 Å². The second-order valence-electron chi connectivity index (χ2n) is 2.95. The number of allylic oxidation sites excluding steroid dienone is 1. The first-order valence-electron chi connectivity index (χ1n) is 4.08. The lowest BCUT2D eigenvalue weighted by Crippen LogP contribution is -2.24. The molecule has 0 spiro atoms. The number of likely N-dealkylation sites (tertiary alicyclic amines) is 1. The van der Waals surface area contributed by atoms with Crippen LogP contribution in [0.15, 0.2) is 12.3 Å². The third-order valence-corrected chi connectivity index (χ3v) is 1.86. The normalized spacial score (nSPS) is 20.4. The lowest BCUT2D eigenvalue weighted by molar-refractivity contribution is -0.0808. The van der Waals surface area contributed by atoms with E-state index in [9.17, 15) is 13.2 Å². The van der Waals surface area contributed by atoms with E-state index in [4.69, 9.17) is 0 Å². The number of hydrogen-bond acceptors (Lipinski definition) is 1. The largest absolute Gasteiger partial charge is 0.411 e. The summed E-state index contributed by atoms with van der Waals surface area (Å²) >= 11 is 0. The van der Waals surface area contributed by atoms with E-state index < -0.39 is 6.18 Å². The van der Waals surface area contributed by atoms with E-state index in [1.807, 2.05) is 0 Å². The molecule has 1 aliphatic rings. The fourth-order valence-electron chi connectivity index (χ4n) is 1.26. The van der Waals surface area contributed by atoms with Gasteiger partial charge in [-0.3, -0.25) is 0 Å². The molecule has 1 rings (SSSR count). The maximum Gasteiger partial charge on any atom is 0.411 e. The summed E-state index contributed by atoms with van der Waals surface area (Å²) in [6.07, 6.45) is 0.426. The Bertz CT molecular complexity index is 156. The molecule has 4 heteroatoms. The molecule has 0 aromatic carbocycles. The lowest BCUT2D eigenvalue weighted by Gasteiger charge is -2.24. The Hall–Kier alpha value is -0.670. The first-order chi connectivity index (χ1) is 5.58. The van der Waals surface area contributed by atoms with Crippen LogP contribution in [0.4, 0.5) is 13.2 Å². The van der Waals surface area contributed by atoms with Crippen LogP contribution >= 0.6 is 0 Å². The molecule has 0 saturated carbocycles. The molecule has 0 aromatic rings. The second kappa shape index (κ2) is 3.83. The molecule has 0 N–H and O–H groups in total. The van der Waals surface area contributed by atoms with E-state index in [0.29, 0.717) is 6.08 Å². The highest BCUT2D eigenvalue weighted by Crippen LogP contribution is 2.17. The first-order valence-corrected chi connectivity index (χ1v) is 4.08. The van der Waals surface area contributed by atoms with Gasteiger partial charge in [0.05, 0.1) is 0 Å². The minimum Gasteiger partial charge on any atom is -0.377 e. The van der Waals surface area contributed by atoms with Gasteiger partial charge in [-0.25, -0.2) is 0 Å². The van der Waals surface area contributed by atoms with Crippen LogP contribution in [0.2, 0.25) is 0 Å². The zero-order valence-corrected chi connectivity index (χ0v) is 6.77. The van der Waals surface area contributed by atoms with E-state index in [0.717, 1.165) is 38.6 Å². The van der Waals surface area contributed by atoms with Crippen molar-refractivity contribution in [1.29, 1.82) is 0 Å². The van der Waals surface area contributed by atoms with Crippen LogP contribution in [0.3, 0.4) is 0 Å². The van der Waals surface area contributed by atoms with Crippen LogP contribution in [0, 0.1) is 0 Å². The van der Waals surface area contributed by atoms with E-state index in [1.54, 1.807) is 4.90 Å². The summed E-state index contributed by atoms with van der Waals surface area (Å²) < 4.78 is 35.1. The molecule has 0 bridgehead atoms. The van der Waals surface area contributed by atoms with Gasteiger partial charge in [0, 0.05) is 25.4 Å². The number of piperidine rings is 1. The summed E-state index contributed by atoms with van der Waals surface area (Å²) in [5, 5.41) is 0. The van der Waals surface area contributed by atoms with Gasteiger partial charge in [0.25, 0.3) is 0 Å². The molecule has 0 unspecified atom stereocenters. The molecular formula is C8H12F3N. The second-order valence-corrected chi connectivity index (χ2v) is 2.95. The average molecular weight is 179 g/mol. The Morgan fingerprint density at radius 2 is 1.58 bits per heavy atom. The molecule has 1 nitrogen and oxygen atoms in total. The maximum atomic E-state index is 11.7. The zero-order valence-electron chi connectivity index (χ0n) is 6.77. The number of nitrogens with zero attached hydrogens (tertiary/aromatic N) is 1. The van der Waals surface area contributed by atoms with Crippen molar-refractivity contribution in [2.45, 2.75) is 25.4 Å². The third kappa shape index (κ3) is 3.64. The molecule has 0 aromatic heterocycles. The minimum atomic E-state index is -4.17. The van der Waals surface area contributed by atoms with Crippen molar-refractivity contribution < 1.29 is 13.2 Å². The van der Waals surface area contributed by atoms with E-state index >= 15 is 0 Å². The van der Waals surface area contributed by atoms with Crippen molar-refractivity contribution in [2.75, 3.05) is 13.1 Å². The third-order valence-electron chi connectivity index (χ3n) is 1.86. The Kier molecular flexibility index (Phi) is 3.00. The quantitative estimate of drug-likeness (QED) is 0.598. The van der Waals surface area contributed by atoms with Crippen LogP contribution in [-0.4, -0.2) is 24.2 Å². The summed E-state index contributed by atoms with van der Waals surface area (Å²) in [4.78, 5) is 1.72. The van der Waals surface area contributed by atoms with Gasteiger partial charge in [-0.2, -0.15) is 13.2 Å². The summed E-state index contributed by atoms with van der Waals surface area (Å²) in [5.41, 5.74) is 0. The molecule has 1 heterocycles. The summed E-state index contributed by atoms with van der Waals surface area (Å²) in [6, 6.07) is 0. The van der Waals surface area contributed by atoms with Crippen molar-refractivity contribution in [3.63, 3.8) is 0 Å². The Balaban J connectivity index is 2.33. The minimum absolute atomic E-state index is 0.304. The fraction of sp³-hybridized carbons (Fsp3) is 0.750. The van der Waals surface area contributed by atoms with Crippen LogP contribution in [0.1, 0.15) is 19.3 Å². The molecule has 0 radical (unpaired) electrons. The monoisotopic (exact) mass is 179 g/mol. The van der Waals surface area contributed by atoms with Crippen LogP contribution in [0.25, 0.3) is 0 Å². The Labute approximate surface area is 69.9 Å². The predicted octanol–water partition coefficient (Wildman–Crippen LogP) is 2.55. The van der Waals surface area contributed by atoms with Gasteiger partial charge in [-0.15, -0.1) is 0 Å². The molecule has 12 heavy (non-hydrogen) atoms. The smallest absolute Gasteiger partial charge is 0.377 e. The van der Waals surface area contributed by atoms with Gasteiger partial charge in [0.1, 0.15) is 0 Å². The lowest BCUT2D eigenvalue weighted by atomic mass is 10.1. The standard InChI is InChI=1S/C8H12F3N/c9-8(10,11)4-7-12-5-2-1-3-6-12/h4,7H,1-3,5-6H2. The molecule has 1 saturated heterocycles. The Morgan fingerprint density at radius 3 is 2.08 bits per heavy atom. The number of alkyl halides is 3. The molecule has 1 fully saturated rings. The highest BCUT2D eigenvalue weighted by Gasteiger charge is 2.22. The summed E-state index contributed by atoms with van der Waals surface area (Å²) in [6.45, 7) is 1.51. The maximum absolute atomic E-state index is 11.7. The van der Waals surface area contributed by atoms with E-state index in [1.165, 1.54) is 0 Å². The van der Waals surface area contributed by atoms with Gasteiger partial charge >= 0.3 is 6.18 Å². The zero-order chi connectivity index (χ0) is 9.03. The highest BCUT2D eigenvalue weighted by molar-refractivity contribution is 4.89. The van der Waals surface area contributed by atoms with E-state index in [-0.39, 0.29) is 0 Å².